The van der Waals surface area contributed by atoms with Gasteiger partial charge in [0.25, 0.3) is 0 Å². The van der Waals surface area contributed by atoms with Crippen LogP contribution in [-0.4, -0.2) is 43.1 Å². The monoisotopic (exact) mass is 270 g/mol. The van der Waals surface area contributed by atoms with E-state index < -0.39 is 0 Å². The summed E-state index contributed by atoms with van der Waals surface area (Å²) in [7, 11) is 1.95. The van der Waals surface area contributed by atoms with E-state index in [-0.39, 0.29) is 6.29 Å². The number of ether oxygens (including phenoxy) is 2. The minimum atomic E-state index is -0.0830. The fraction of sp³-hybridized carbons (Fsp3) is 0.583. The Morgan fingerprint density at radius 1 is 1.50 bits per heavy atom. The fourth-order valence-electron chi connectivity index (χ4n) is 1.69. The molecule has 1 saturated heterocycles. The molecule has 18 heavy (non-hydrogen) atoms. The summed E-state index contributed by atoms with van der Waals surface area (Å²) >= 11 is 5.28. The molecule has 1 aliphatic heterocycles. The molecular formula is C12H18N2O3S. The first-order valence-electron chi connectivity index (χ1n) is 6.00. The maximum atomic E-state index is 5.37. The van der Waals surface area contributed by atoms with E-state index in [4.69, 9.17) is 26.1 Å². The number of rotatable bonds is 5. The second kappa shape index (κ2) is 6.72. The third-order valence-corrected chi connectivity index (χ3v) is 3.19. The van der Waals surface area contributed by atoms with Crippen LogP contribution in [0.1, 0.15) is 12.2 Å². The van der Waals surface area contributed by atoms with Gasteiger partial charge in [0.2, 0.25) is 0 Å². The summed E-state index contributed by atoms with van der Waals surface area (Å²) < 4.78 is 16.0. The Bertz CT molecular complexity index is 363. The van der Waals surface area contributed by atoms with E-state index in [1.807, 2.05) is 24.1 Å². The molecule has 1 aliphatic rings. The Morgan fingerprint density at radius 3 is 2.94 bits per heavy atom. The molecule has 1 fully saturated rings. The van der Waals surface area contributed by atoms with Crippen LogP contribution in [0.4, 0.5) is 0 Å². The molecule has 2 heterocycles. The van der Waals surface area contributed by atoms with Crippen molar-refractivity contribution in [3.05, 3.63) is 24.2 Å². The summed E-state index contributed by atoms with van der Waals surface area (Å²) in [5.74, 6) is 0.869. The average Bonchev–Trinajstić information content (AvgIpc) is 3.05. The van der Waals surface area contributed by atoms with Gasteiger partial charge >= 0.3 is 0 Å². The summed E-state index contributed by atoms with van der Waals surface area (Å²) in [6.07, 6.45) is 2.39. The Kier molecular flexibility index (Phi) is 4.98. The lowest BCUT2D eigenvalue weighted by molar-refractivity contribution is -0.0484. The van der Waals surface area contributed by atoms with Crippen LogP contribution in [0.25, 0.3) is 0 Å². The third kappa shape index (κ3) is 3.97. The van der Waals surface area contributed by atoms with Gasteiger partial charge in [-0.15, -0.1) is 0 Å². The van der Waals surface area contributed by atoms with Crippen LogP contribution in [0.2, 0.25) is 0 Å². The van der Waals surface area contributed by atoms with Gasteiger partial charge in [-0.1, -0.05) is 0 Å². The summed E-state index contributed by atoms with van der Waals surface area (Å²) in [6, 6.07) is 3.77. The number of furan rings is 1. The summed E-state index contributed by atoms with van der Waals surface area (Å²) in [5, 5.41) is 3.84. The Labute approximate surface area is 112 Å². The van der Waals surface area contributed by atoms with Gasteiger partial charge in [0.05, 0.1) is 26.0 Å². The number of hydrogen-bond donors (Lipinski definition) is 1. The normalized spacial score (nSPS) is 15.8. The zero-order valence-corrected chi connectivity index (χ0v) is 11.2. The van der Waals surface area contributed by atoms with Crippen molar-refractivity contribution in [3.8, 4) is 0 Å². The van der Waals surface area contributed by atoms with Gasteiger partial charge in [-0.25, -0.2) is 0 Å². The van der Waals surface area contributed by atoms with Gasteiger partial charge in [0, 0.05) is 20.0 Å². The van der Waals surface area contributed by atoms with Crippen LogP contribution in [0.3, 0.4) is 0 Å². The molecule has 0 spiro atoms. The molecule has 0 radical (unpaired) electrons. The quantitative estimate of drug-likeness (QED) is 0.815. The standard InChI is InChI=1S/C12H18N2O3S/c1-14(5-4-11-16-7-8-17-11)12(18)13-9-10-3-2-6-15-10/h2-3,6,11H,4-5,7-9H2,1H3,(H,13,18). The van der Waals surface area contributed by atoms with Crippen molar-refractivity contribution in [2.75, 3.05) is 26.8 Å². The van der Waals surface area contributed by atoms with Gasteiger partial charge in [0.1, 0.15) is 5.76 Å². The minimum absolute atomic E-state index is 0.0830. The number of nitrogens with one attached hydrogen (secondary N) is 1. The molecule has 2 rings (SSSR count). The fourth-order valence-corrected chi connectivity index (χ4v) is 1.85. The van der Waals surface area contributed by atoms with Crippen LogP contribution >= 0.6 is 12.2 Å². The van der Waals surface area contributed by atoms with Gasteiger partial charge in [-0.3, -0.25) is 0 Å². The van der Waals surface area contributed by atoms with Crippen molar-refractivity contribution in [2.24, 2.45) is 0 Å². The first kappa shape index (κ1) is 13.3. The first-order chi connectivity index (χ1) is 8.75. The van der Waals surface area contributed by atoms with Crippen LogP contribution in [0.15, 0.2) is 22.8 Å². The van der Waals surface area contributed by atoms with Crippen LogP contribution in [0, 0.1) is 0 Å². The van der Waals surface area contributed by atoms with E-state index in [1.165, 1.54) is 0 Å². The highest BCUT2D eigenvalue weighted by atomic mass is 32.1. The lowest BCUT2D eigenvalue weighted by Gasteiger charge is -2.21. The Balaban J connectivity index is 1.64. The molecule has 0 aromatic carbocycles. The first-order valence-corrected chi connectivity index (χ1v) is 6.41. The largest absolute Gasteiger partial charge is 0.467 e. The van der Waals surface area contributed by atoms with E-state index in [1.54, 1.807) is 6.26 Å². The molecule has 0 unspecified atom stereocenters. The maximum Gasteiger partial charge on any atom is 0.169 e. The maximum absolute atomic E-state index is 5.37. The summed E-state index contributed by atoms with van der Waals surface area (Å²) in [4.78, 5) is 1.98. The van der Waals surface area contributed by atoms with Crippen molar-refractivity contribution in [3.63, 3.8) is 0 Å². The number of nitrogens with zero attached hydrogens (tertiary/aromatic N) is 1. The molecule has 0 amide bonds. The third-order valence-electron chi connectivity index (χ3n) is 2.73. The van der Waals surface area contributed by atoms with E-state index in [2.05, 4.69) is 5.32 Å². The van der Waals surface area contributed by atoms with Crippen molar-refractivity contribution in [1.82, 2.24) is 10.2 Å². The minimum Gasteiger partial charge on any atom is -0.467 e. The summed E-state index contributed by atoms with van der Waals surface area (Å²) in [6.45, 7) is 2.78. The zero-order valence-electron chi connectivity index (χ0n) is 10.4. The van der Waals surface area contributed by atoms with E-state index >= 15 is 0 Å². The van der Waals surface area contributed by atoms with E-state index in [0.29, 0.717) is 24.9 Å². The lowest BCUT2D eigenvalue weighted by atomic mass is 10.4. The van der Waals surface area contributed by atoms with Crippen molar-refractivity contribution >= 4 is 17.3 Å². The molecular weight excluding hydrogens is 252 g/mol. The zero-order chi connectivity index (χ0) is 12.8. The van der Waals surface area contributed by atoms with Crippen molar-refractivity contribution in [2.45, 2.75) is 19.3 Å². The molecule has 1 N–H and O–H groups in total. The molecule has 0 bridgehead atoms. The number of hydrogen-bond acceptors (Lipinski definition) is 4. The lowest BCUT2D eigenvalue weighted by Crippen LogP contribution is -2.38. The second-order valence-electron chi connectivity index (χ2n) is 4.12. The van der Waals surface area contributed by atoms with Crippen LogP contribution in [-0.2, 0) is 16.0 Å². The van der Waals surface area contributed by atoms with Crippen LogP contribution in [0.5, 0.6) is 0 Å². The molecule has 0 atom stereocenters. The van der Waals surface area contributed by atoms with Crippen LogP contribution < -0.4 is 5.32 Å². The molecule has 1 aromatic heterocycles. The highest BCUT2D eigenvalue weighted by Crippen LogP contribution is 2.08. The van der Waals surface area contributed by atoms with Crippen molar-refractivity contribution in [1.29, 1.82) is 0 Å². The Hall–Kier alpha value is -1.11. The van der Waals surface area contributed by atoms with Gasteiger partial charge in [0.15, 0.2) is 11.4 Å². The van der Waals surface area contributed by atoms with Gasteiger partial charge in [-0.05, 0) is 24.4 Å². The van der Waals surface area contributed by atoms with Crippen molar-refractivity contribution < 1.29 is 13.9 Å². The summed E-state index contributed by atoms with van der Waals surface area (Å²) in [5.41, 5.74) is 0. The van der Waals surface area contributed by atoms with Gasteiger partial charge in [-0.2, -0.15) is 0 Å². The van der Waals surface area contributed by atoms with Gasteiger partial charge < -0.3 is 24.1 Å². The molecule has 6 heteroatoms. The number of thiocarbonyl (C=S) groups is 1. The second-order valence-corrected chi connectivity index (χ2v) is 4.51. The molecule has 5 nitrogen and oxygen atoms in total. The van der Waals surface area contributed by atoms with E-state index in [0.717, 1.165) is 18.7 Å². The SMILES string of the molecule is CN(CCC1OCCO1)C(=S)NCc1ccco1. The average molecular weight is 270 g/mol. The van der Waals surface area contributed by atoms with E-state index in [9.17, 15) is 0 Å². The Morgan fingerprint density at radius 2 is 2.28 bits per heavy atom. The highest BCUT2D eigenvalue weighted by molar-refractivity contribution is 7.80. The predicted molar refractivity (Wildman–Crippen MR) is 71.1 cm³/mol. The molecule has 1 aromatic rings. The molecule has 0 aliphatic carbocycles. The molecule has 0 saturated carbocycles. The topological polar surface area (TPSA) is 46.9 Å². The highest BCUT2D eigenvalue weighted by Gasteiger charge is 2.16. The predicted octanol–water partition coefficient (Wildman–Crippen LogP) is 1.35. The smallest absolute Gasteiger partial charge is 0.169 e. The molecule has 100 valence electrons.